The van der Waals surface area contributed by atoms with Gasteiger partial charge in [-0.2, -0.15) is 0 Å². The Kier molecular flexibility index (Phi) is 5.49. The largest absolute Gasteiger partial charge is 0.370 e. The first-order chi connectivity index (χ1) is 10.2. The molecule has 1 N–H and O–H groups in total. The van der Waals surface area contributed by atoms with Gasteiger partial charge in [0.1, 0.15) is 17.5 Å². The standard InChI is InChI=1S/C16H23N5/c1-4-14-19-15(18-5-2)12-16(20-14)21(3)11-8-13-6-9-17-10-7-13/h6-7,9-10,12H,4-5,8,11H2,1-3H3,(H,18,19,20). The fraction of sp³-hybridized carbons (Fsp3) is 0.438. The van der Waals surface area contributed by atoms with Crippen LogP contribution < -0.4 is 10.2 Å². The van der Waals surface area contributed by atoms with Crippen LogP contribution in [-0.4, -0.2) is 35.1 Å². The Balaban J connectivity index is 2.07. The van der Waals surface area contributed by atoms with Crippen molar-refractivity contribution in [3.63, 3.8) is 0 Å². The molecule has 0 spiro atoms. The Morgan fingerprint density at radius 1 is 1.14 bits per heavy atom. The van der Waals surface area contributed by atoms with Crippen molar-refractivity contribution in [3.05, 3.63) is 42.0 Å². The average Bonchev–Trinajstić information content (AvgIpc) is 2.53. The Morgan fingerprint density at radius 2 is 1.90 bits per heavy atom. The van der Waals surface area contributed by atoms with E-state index in [2.05, 4.69) is 58.2 Å². The minimum absolute atomic E-state index is 0.838. The van der Waals surface area contributed by atoms with Crippen LogP contribution in [0.4, 0.5) is 11.6 Å². The fourth-order valence-corrected chi connectivity index (χ4v) is 2.07. The number of nitrogens with one attached hydrogen (secondary N) is 1. The van der Waals surface area contributed by atoms with Gasteiger partial charge in [0.2, 0.25) is 0 Å². The monoisotopic (exact) mass is 285 g/mol. The number of hydrogen-bond acceptors (Lipinski definition) is 5. The molecule has 21 heavy (non-hydrogen) atoms. The van der Waals surface area contributed by atoms with Gasteiger partial charge < -0.3 is 10.2 Å². The molecule has 0 bridgehead atoms. The number of aryl methyl sites for hydroxylation is 1. The quantitative estimate of drug-likeness (QED) is 0.847. The summed E-state index contributed by atoms with van der Waals surface area (Å²) in [5.41, 5.74) is 1.29. The van der Waals surface area contributed by atoms with E-state index in [0.717, 1.165) is 43.4 Å². The van der Waals surface area contributed by atoms with Gasteiger partial charge >= 0.3 is 0 Å². The second-order valence-corrected chi connectivity index (χ2v) is 4.94. The molecule has 0 aromatic carbocycles. The van der Waals surface area contributed by atoms with Crippen LogP contribution in [-0.2, 0) is 12.8 Å². The maximum absolute atomic E-state index is 4.61. The lowest BCUT2D eigenvalue weighted by molar-refractivity contribution is 0.836. The normalized spacial score (nSPS) is 10.4. The van der Waals surface area contributed by atoms with Crippen LogP contribution in [0.1, 0.15) is 25.2 Å². The van der Waals surface area contributed by atoms with Crippen molar-refractivity contribution in [1.82, 2.24) is 15.0 Å². The highest BCUT2D eigenvalue weighted by molar-refractivity contribution is 5.49. The van der Waals surface area contributed by atoms with Crippen LogP contribution in [0.2, 0.25) is 0 Å². The predicted octanol–water partition coefficient (Wildman–Crippen LogP) is 2.54. The van der Waals surface area contributed by atoms with E-state index in [-0.39, 0.29) is 0 Å². The van der Waals surface area contributed by atoms with Crippen molar-refractivity contribution < 1.29 is 0 Å². The summed E-state index contributed by atoms with van der Waals surface area (Å²) < 4.78 is 0. The first kappa shape index (κ1) is 15.2. The summed E-state index contributed by atoms with van der Waals surface area (Å²) in [7, 11) is 2.07. The molecule has 2 rings (SSSR count). The van der Waals surface area contributed by atoms with Crippen LogP contribution in [0.3, 0.4) is 0 Å². The summed E-state index contributed by atoms with van der Waals surface area (Å²) in [5.74, 6) is 2.74. The first-order valence-electron chi connectivity index (χ1n) is 7.44. The zero-order chi connectivity index (χ0) is 15.1. The lowest BCUT2D eigenvalue weighted by Gasteiger charge is -2.19. The van der Waals surface area contributed by atoms with E-state index >= 15 is 0 Å². The molecule has 0 fully saturated rings. The minimum atomic E-state index is 0.838. The van der Waals surface area contributed by atoms with Crippen molar-refractivity contribution in [1.29, 1.82) is 0 Å². The van der Waals surface area contributed by atoms with Crippen molar-refractivity contribution >= 4 is 11.6 Å². The second kappa shape index (κ2) is 7.57. The van der Waals surface area contributed by atoms with Gasteiger partial charge in [0.25, 0.3) is 0 Å². The van der Waals surface area contributed by atoms with E-state index in [1.165, 1.54) is 5.56 Å². The van der Waals surface area contributed by atoms with E-state index < -0.39 is 0 Å². The highest BCUT2D eigenvalue weighted by Gasteiger charge is 2.07. The Hall–Kier alpha value is -2.17. The van der Waals surface area contributed by atoms with Crippen LogP contribution in [0.5, 0.6) is 0 Å². The fourth-order valence-electron chi connectivity index (χ4n) is 2.07. The zero-order valence-corrected chi connectivity index (χ0v) is 13.0. The van der Waals surface area contributed by atoms with E-state index in [0.29, 0.717) is 0 Å². The number of hydrogen-bond donors (Lipinski definition) is 1. The zero-order valence-electron chi connectivity index (χ0n) is 13.0. The van der Waals surface area contributed by atoms with Crippen LogP contribution >= 0.6 is 0 Å². The third-order valence-corrected chi connectivity index (χ3v) is 3.31. The number of likely N-dealkylation sites (N-methyl/N-ethyl adjacent to an activating group) is 1. The predicted molar refractivity (Wildman–Crippen MR) is 86.8 cm³/mol. The molecule has 0 amide bonds. The van der Waals surface area contributed by atoms with Gasteiger partial charge in [-0.1, -0.05) is 6.92 Å². The molecule has 0 aliphatic carbocycles. The molecule has 5 heteroatoms. The third-order valence-electron chi connectivity index (χ3n) is 3.31. The molecular formula is C16H23N5. The number of aromatic nitrogens is 3. The molecule has 0 aliphatic rings. The van der Waals surface area contributed by atoms with Gasteiger partial charge in [-0.15, -0.1) is 0 Å². The van der Waals surface area contributed by atoms with E-state index in [1.807, 2.05) is 18.5 Å². The third kappa shape index (κ3) is 4.41. The van der Waals surface area contributed by atoms with E-state index in [4.69, 9.17) is 0 Å². The molecule has 112 valence electrons. The van der Waals surface area contributed by atoms with Crippen LogP contribution in [0.25, 0.3) is 0 Å². The lowest BCUT2D eigenvalue weighted by Crippen LogP contribution is -2.22. The first-order valence-corrected chi connectivity index (χ1v) is 7.44. The molecule has 5 nitrogen and oxygen atoms in total. The molecule has 2 aromatic rings. The maximum Gasteiger partial charge on any atom is 0.134 e. The molecular weight excluding hydrogens is 262 g/mol. The van der Waals surface area contributed by atoms with E-state index in [9.17, 15) is 0 Å². The number of rotatable bonds is 7. The summed E-state index contributed by atoms with van der Waals surface area (Å²) in [6, 6.07) is 6.11. The summed E-state index contributed by atoms with van der Waals surface area (Å²) in [6.07, 6.45) is 5.47. The minimum Gasteiger partial charge on any atom is -0.370 e. The molecule has 2 heterocycles. The van der Waals surface area contributed by atoms with Crippen molar-refractivity contribution in [2.45, 2.75) is 26.7 Å². The van der Waals surface area contributed by atoms with Gasteiger partial charge in [-0.3, -0.25) is 4.98 Å². The Morgan fingerprint density at radius 3 is 2.57 bits per heavy atom. The van der Waals surface area contributed by atoms with Gasteiger partial charge in [0, 0.05) is 45.0 Å². The van der Waals surface area contributed by atoms with E-state index in [1.54, 1.807) is 0 Å². The Labute approximate surface area is 126 Å². The molecule has 2 aromatic heterocycles. The molecule has 0 radical (unpaired) electrons. The molecule has 0 unspecified atom stereocenters. The topological polar surface area (TPSA) is 53.9 Å². The van der Waals surface area contributed by atoms with Crippen LogP contribution in [0, 0.1) is 0 Å². The Bertz CT molecular complexity index is 556. The van der Waals surface area contributed by atoms with Crippen molar-refractivity contribution in [3.8, 4) is 0 Å². The maximum atomic E-state index is 4.61. The van der Waals surface area contributed by atoms with Gasteiger partial charge in [-0.05, 0) is 31.0 Å². The number of nitrogens with zero attached hydrogens (tertiary/aromatic N) is 4. The van der Waals surface area contributed by atoms with Gasteiger partial charge in [0.15, 0.2) is 0 Å². The molecule has 0 saturated heterocycles. The summed E-state index contributed by atoms with van der Waals surface area (Å²) >= 11 is 0. The molecule has 0 aliphatic heterocycles. The van der Waals surface area contributed by atoms with Crippen molar-refractivity contribution in [2.24, 2.45) is 0 Å². The van der Waals surface area contributed by atoms with Crippen LogP contribution in [0.15, 0.2) is 30.6 Å². The molecule has 0 saturated carbocycles. The average molecular weight is 285 g/mol. The SMILES string of the molecule is CCNc1cc(N(C)CCc2ccncc2)nc(CC)n1. The highest BCUT2D eigenvalue weighted by atomic mass is 15.2. The number of anilines is 2. The smallest absolute Gasteiger partial charge is 0.134 e. The summed E-state index contributed by atoms with van der Waals surface area (Å²) in [4.78, 5) is 15.3. The van der Waals surface area contributed by atoms with Crippen molar-refractivity contribution in [2.75, 3.05) is 30.4 Å². The summed E-state index contributed by atoms with van der Waals surface area (Å²) in [5, 5.41) is 3.27. The highest BCUT2D eigenvalue weighted by Crippen LogP contribution is 2.15. The number of pyridine rings is 1. The van der Waals surface area contributed by atoms with Gasteiger partial charge in [0.05, 0.1) is 0 Å². The summed E-state index contributed by atoms with van der Waals surface area (Å²) in [6.45, 7) is 5.92. The second-order valence-electron chi connectivity index (χ2n) is 4.94. The lowest BCUT2D eigenvalue weighted by atomic mass is 10.2. The van der Waals surface area contributed by atoms with Gasteiger partial charge in [-0.25, -0.2) is 9.97 Å². The molecule has 0 atom stereocenters.